The van der Waals surface area contributed by atoms with Gasteiger partial charge >= 0.3 is 0 Å². The van der Waals surface area contributed by atoms with Crippen molar-refractivity contribution in [2.45, 2.75) is 38.8 Å². The predicted octanol–water partition coefficient (Wildman–Crippen LogP) is 3.63. The standard InChI is InChI=1S/C24H25N3O4/c1-14(2)30-17-6-3-5-15(11-17)24-25-23(26-31-24)19-8-4-7-18-20(19)12-16-13-21(29)27(9-10-28)22(16)18/h3-8,11,14,16,22,28H,9-10,12-13H2,1-2H3/t16-,22+/m1/s1. The van der Waals surface area contributed by atoms with Crippen LogP contribution in [0.4, 0.5) is 0 Å². The van der Waals surface area contributed by atoms with Crippen molar-refractivity contribution < 1.29 is 19.2 Å². The van der Waals surface area contributed by atoms with Crippen molar-refractivity contribution in [1.29, 1.82) is 0 Å². The molecule has 0 unspecified atom stereocenters. The van der Waals surface area contributed by atoms with Gasteiger partial charge in [0, 0.05) is 24.1 Å². The summed E-state index contributed by atoms with van der Waals surface area (Å²) in [6, 6.07) is 13.7. The SMILES string of the molecule is CC(C)Oc1cccc(-c2nc(-c3cccc4c3C[C@@H]3CC(=O)N(CCO)[C@H]43)no2)c1. The molecule has 5 rings (SSSR count). The molecule has 2 atom stereocenters. The average molecular weight is 419 g/mol. The lowest BCUT2D eigenvalue weighted by atomic mass is 10.0. The molecule has 7 heteroatoms. The van der Waals surface area contributed by atoms with Gasteiger partial charge in [0.15, 0.2) is 0 Å². The number of rotatable bonds is 6. The normalized spacial score (nSPS) is 19.7. The molecule has 1 aliphatic heterocycles. The minimum absolute atomic E-state index is 0.0193. The summed E-state index contributed by atoms with van der Waals surface area (Å²) < 4.78 is 11.4. The third kappa shape index (κ3) is 3.49. The van der Waals surface area contributed by atoms with Crippen LogP contribution in [0.1, 0.15) is 37.4 Å². The summed E-state index contributed by atoms with van der Waals surface area (Å²) in [5.74, 6) is 2.09. The number of carbonyl (C=O) groups excluding carboxylic acids is 1. The quantitative estimate of drug-likeness (QED) is 0.656. The Morgan fingerprint density at radius 2 is 2.06 bits per heavy atom. The van der Waals surface area contributed by atoms with Gasteiger partial charge in [0.25, 0.3) is 5.89 Å². The topological polar surface area (TPSA) is 88.7 Å². The first kappa shape index (κ1) is 19.8. The molecule has 0 saturated carbocycles. The van der Waals surface area contributed by atoms with Gasteiger partial charge in [-0.1, -0.05) is 29.4 Å². The second-order valence-corrected chi connectivity index (χ2v) is 8.41. The summed E-state index contributed by atoms with van der Waals surface area (Å²) in [7, 11) is 0. The molecule has 1 fully saturated rings. The molecular formula is C24H25N3O4. The lowest BCUT2D eigenvalue weighted by molar-refractivity contribution is -0.129. The first-order valence-corrected chi connectivity index (χ1v) is 10.7. The van der Waals surface area contributed by atoms with E-state index >= 15 is 0 Å². The molecule has 2 aliphatic rings. The summed E-state index contributed by atoms with van der Waals surface area (Å²) in [6.07, 6.45) is 1.39. The highest BCUT2D eigenvalue weighted by Crippen LogP contribution is 2.49. The van der Waals surface area contributed by atoms with E-state index in [9.17, 15) is 9.90 Å². The van der Waals surface area contributed by atoms with Crippen LogP contribution in [0.2, 0.25) is 0 Å². The molecular weight excluding hydrogens is 394 g/mol. The predicted molar refractivity (Wildman–Crippen MR) is 114 cm³/mol. The maximum absolute atomic E-state index is 12.4. The third-order valence-corrected chi connectivity index (χ3v) is 6.00. The maximum atomic E-state index is 12.4. The fourth-order valence-electron chi connectivity index (χ4n) is 4.85. The fraction of sp³-hybridized carbons (Fsp3) is 0.375. The number of benzene rings is 2. The molecule has 0 spiro atoms. The van der Waals surface area contributed by atoms with Crippen LogP contribution in [0.3, 0.4) is 0 Å². The Morgan fingerprint density at radius 1 is 1.23 bits per heavy atom. The van der Waals surface area contributed by atoms with Crippen molar-refractivity contribution in [2.24, 2.45) is 5.92 Å². The first-order valence-electron chi connectivity index (χ1n) is 10.7. The van der Waals surface area contributed by atoms with Gasteiger partial charge < -0.3 is 19.3 Å². The molecule has 7 nitrogen and oxygen atoms in total. The number of amides is 1. The lowest BCUT2D eigenvalue weighted by Crippen LogP contribution is -2.30. The molecule has 1 amide bonds. The molecule has 3 aromatic rings. The minimum atomic E-state index is -0.0300. The van der Waals surface area contributed by atoms with Crippen molar-refractivity contribution >= 4 is 5.91 Å². The number of likely N-dealkylation sites (tertiary alicyclic amines) is 1. The molecule has 1 aliphatic carbocycles. The summed E-state index contributed by atoms with van der Waals surface area (Å²) in [5, 5.41) is 13.6. The molecule has 2 aromatic carbocycles. The van der Waals surface area contributed by atoms with Gasteiger partial charge in [0.1, 0.15) is 5.75 Å². The number of carbonyl (C=O) groups is 1. The van der Waals surface area contributed by atoms with Gasteiger partial charge in [-0.25, -0.2) is 0 Å². The Morgan fingerprint density at radius 3 is 2.87 bits per heavy atom. The molecule has 1 N–H and O–H groups in total. The zero-order valence-electron chi connectivity index (χ0n) is 17.6. The van der Waals surface area contributed by atoms with E-state index in [1.807, 2.05) is 55.1 Å². The summed E-state index contributed by atoms with van der Waals surface area (Å²) >= 11 is 0. The van der Waals surface area contributed by atoms with E-state index in [0.717, 1.165) is 34.4 Å². The number of ether oxygens (including phenoxy) is 1. The van der Waals surface area contributed by atoms with Crippen LogP contribution in [-0.4, -0.2) is 45.3 Å². The zero-order chi connectivity index (χ0) is 21.5. The van der Waals surface area contributed by atoms with Gasteiger partial charge in [0.2, 0.25) is 11.7 Å². The fourth-order valence-corrected chi connectivity index (χ4v) is 4.85. The number of hydrogen-bond donors (Lipinski definition) is 1. The number of hydrogen-bond acceptors (Lipinski definition) is 6. The van der Waals surface area contributed by atoms with Crippen LogP contribution < -0.4 is 4.74 Å². The lowest BCUT2D eigenvalue weighted by Gasteiger charge is -2.24. The van der Waals surface area contributed by atoms with Crippen molar-refractivity contribution in [3.8, 4) is 28.6 Å². The van der Waals surface area contributed by atoms with Gasteiger partial charge in [-0.05, 0) is 55.5 Å². The van der Waals surface area contributed by atoms with Crippen LogP contribution in [0.25, 0.3) is 22.8 Å². The van der Waals surface area contributed by atoms with Crippen molar-refractivity contribution in [1.82, 2.24) is 15.0 Å². The number of aliphatic hydroxyl groups is 1. The number of β-amino-alcohol motifs (C(OH)–C–C–N with tert-alkyl or cyclic N) is 1. The highest BCUT2D eigenvalue weighted by molar-refractivity contribution is 5.81. The van der Waals surface area contributed by atoms with Crippen LogP contribution in [0.5, 0.6) is 5.75 Å². The first-order chi connectivity index (χ1) is 15.0. The van der Waals surface area contributed by atoms with E-state index in [-0.39, 0.29) is 30.6 Å². The summed E-state index contributed by atoms with van der Waals surface area (Å²) in [5.41, 5.74) is 4.03. The highest BCUT2D eigenvalue weighted by atomic mass is 16.5. The molecule has 2 heterocycles. The Bertz CT molecular complexity index is 1120. The van der Waals surface area contributed by atoms with Gasteiger partial charge in [-0.15, -0.1) is 0 Å². The second kappa shape index (κ2) is 7.81. The summed E-state index contributed by atoms with van der Waals surface area (Å²) in [4.78, 5) is 18.8. The number of aliphatic hydroxyl groups excluding tert-OH is 1. The second-order valence-electron chi connectivity index (χ2n) is 8.41. The maximum Gasteiger partial charge on any atom is 0.258 e. The number of fused-ring (bicyclic) bond motifs is 3. The van der Waals surface area contributed by atoms with E-state index in [4.69, 9.17) is 9.26 Å². The monoisotopic (exact) mass is 419 g/mol. The van der Waals surface area contributed by atoms with Crippen LogP contribution >= 0.6 is 0 Å². The molecule has 31 heavy (non-hydrogen) atoms. The Kier molecular flexibility index (Phi) is 4.98. The van der Waals surface area contributed by atoms with E-state index in [1.165, 1.54) is 0 Å². The number of aromatic nitrogens is 2. The van der Waals surface area contributed by atoms with Crippen molar-refractivity contribution in [3.63, 3.8) is 0 Å². The largest absolute Gasteiger partial charge is 0.491 e. The van der Waals surface area contributed by atoms with Gasteiger partial charge in [-0.2, -0.15) is 4.98 Å². The highest BCUT2D eigenvalue weighted by Gasteiger charge is 2.46. The van der Waals surface area contributed by atoms with Crippen molar-refractivity contribution in [2.75, 3.05) is 13.2 Å². The van der Waals surface area contributed by atoms with E-state index in [0.29, 0.717) is 24.7 Å². The Balaban J connectivity index is 1.47. The van der Waals surface area contributed by atoms with Crippen LogP contribution in [-0.2, 0) is 11.2 Å². The Hall–Kier alpha value is -3.19. The van der Waals surface area contributed by atoms with E-state index in [1.54, 1.807) is 0 Å². The molecule has 0 bridgehead atoms. The minimum Gasteiger partial charge on any atom is -0.491 e. The number of nitrogens with zero attached hydrogens (tertiary/aromatic N) is 3. The average Bonchev–Trinajstić information content (AvgIpc) is 3.43. The molecule has 1 saturated heterocycles. The zero-order valence-corrected chi connectivity index (χ0v) is 17.6. The van der Waals surface area contributed by atoms with Gasteiger partial charge in [-0.3, -0.25) is 4.79 Å². The summed E-state index contributed by atoms with van der Waals surface area (Å²) in [6.45, 7) is 4.30. The van der Waals surface area contributed by atoms with Crippen LogP contribution in [0, 0.1) is 5.92 Å². The van der Waals surface area contributed by atoms with E-state index in [2.05, 4.69) is 16.2 Å². The van der Waals surface area contributed by atoms with Crippen LogP contribution in [0.15, 0.2) is 47.0 Å². The van der Waals surface area contributed by atoms with E-state index < -0.39 is 0 Å². The molecule has 0 radical (unpaired) electrons. The van der Waals surface area contributed by atoms with Crippen molar-refractivity contribution in [3.05, 3.63) is 53.6 Å². The smallest absolute Gasteiger partial charge is 0.258 e. The molecule has 160 valence electrons. The third-order valence-electron chi connectivity index (χ3n) is 6.00. The Labute approximate surface area is 180 Å². The molecule has 1 aromatic heterocycles. The van der Waals surface area contributed by atoms with Gasteiger partial charge in [0.05, 0.1) is 18.8 Å².